The molecule has 0 saturated carbocycles. The van der Waals surface area contributed by atoms with E-state index in [1.54, 1.807) is 0 Å². The summed E-state index contributed by atoms with van der Waals surface area (Å²) in [6, 6.07) is 4.41. The molecular weight excluding hydrogens is 332 g/mol. The average Bonchev–Trinajstić information content (AvgIpc) is 2.54. The first-order valence-corrected chi connectivity index (χ1v) is 10.5. The number of pyridine rings is 1. The summed E-state index contributed by atoms with van der Waals surface area (Å²) in [7, 11) is 0. The van der Waals surface area contributed by atoms with E-state index in [1.165, 1.54) is 11.3 Å². The maximum absolute atomic E-state index is 12.2. The fourth-order valence-corrected chi connectivity index (χ4v) is 4.25. The fraction of sp³-hybridized carbons (Fsp3) is 0.700. The van der Waals surface area contributed by atoms with E-state index in [9.17, 15) is 4.79 Å². The van der Waals surface area contributed by atoms with Gasteiger partial charge in [0.2, 0.25) is 0 Å². The van der Waals surface area contributed by atoms with Crippen LogP contribution < -0.4 is 0 Å². The SMILES string of the molecule is CSC(c1cc(C2CCN(C(=O)OC(C)(C)C)CC2)ccn1)C(C)C. The van der Waals surface area contributed by atoms with Gasteiger partial charge in [-0.3, -0.25) is 4.98 Å². The first-order chi connectivity index (χ1) is 11.7. The van der Waals surface area contributed by atoms with Gasteiger partial charge in [0.05, 0.1) is 5.69 Å². The number of rotatable bonds is 4. The van der Waals surface area contributed by atoms with Gasteiger partial charge in [0, 0.05) is 24.5 Å². The number of amides is 1. The van der Waals surface area contributed by atoms with Gasteiger partial charge in [0.1, 0.15) is 5.60 Å². The lowest BCUT2D eigenvalue weighted by atomic mass is 9.89. The van der Waals surface area contributed by atoms with E-state index in [1.807, 2.05) is 43.6 Å². The molecule has 1 atom stereocenters. The van der Waals surface area contributed by atoms with E-state index in [0.717, 1.165) is 25.9 Å². The van der Waals surface area contributed by atoms with Crippen LogP contribution in [0.15, 0.2) is 18.3 Å². The highest BCUT2D eigenvalue weighted by Crippen LogP contribution is 2.35. The Labute approximate surface area is 156 Å². The molecule has 1 fully saturated rings. The predicted molar refractivity (Wildman–Crippen MR) is 105 cm³/mol. The van der Waals surface area contributed by atoms with E-state index in [-0.39, 0.29) is 6.09 Å². The number of carbonyl (C=O) groups excluding carboxylic acids is 1. The number of thioether (sulfide) groups is 1. The van der Waals surface area contributed by atoms with Crippen LogP contribution in [0.3, 0.4) is 0 Å². The monoisotopic (exact) mass is 364 g/mol. The molecule has 25 heavy (non-hydrogen) atoms. The number of ether oxygens (including phenoxy) is 1. The van der Waals surface area contributed by atoms with Crippen LogP contribution in [0, 0.1) is 5.92 Å². The lowest BCUT2D eigenvalue weighted by molar-refractivity contribution is 0.0205. The molecule has 1 unspecified atom stereocenters. The van der Waals surface area contributed by atoms with Crippen molar-refractivity contribution in [1.82, 2.24) is 9.88 Å². The van der Waals surface area contributed by atoms with Crippen molar-refractivity contribution in [2.45, 2.75) is 64.2 Å². The number of carbonyl (C=O) groups is 1. The lowest BCUT2D eigenvalue weighted by Crippen LogP contribution is -2.41. The van der Waals surface area contributed by atoms with E-state index in [0.29, 0.717) is 17.1 Å². The normalized spacial score (nSPS) is 17.6. The third-order valence-electron chi connectivity index (χ3n) is 4.57. The van der Waals surface area contributed by atoms with Gasteiger partial charge < -0.3 is 9.64 Å². The Balaban J connectivity index is 2.00. The van der Waals surface area contributed by atoms with Crippen molar-refractivity contribution in [3.05, 3.63) is 29.6 Å². The molecule has 1 saturated heterocycles. The van der Waals surface area contributed by atoms with Crippen LogP contribution in [0.2, 0.25) is 0 Å². The molecule has 0 aliphatic carbocycles. The molecule has 0 radical (unpaired) electrons. The molecule has 0 spiro atoms. The van der Waals surface area contributed by atoms with E-state index < -0.39 is 5.60 Å². The molecule has 140 valence electrons. The van der Waals surface area contributed by atoms with E-state index >= 15 is 0 Å². The molecule has 1 amide bonds. The summed E-state index contributed by atoms with van der Waals surface area (Å²) in [4.78, 5) is 18.6. The zero-order chi connectivity index (χ0) is 18.6. The number of aromatic nitrogens is 1. The first-order valence-electron chi connectivity index (χ1n) is 9.18. The maximum atomic E-state index is 12.2. The van der Waals surface area contributed by atoms with Crippen LogP contribution in [0.5, 0.6) is 0 Å². The molecule has 1 aromatic heterocycles. The summed E-state index contributed by atoms with van der Waals surface area (Å²) < 4.78 is 5.48. The Morgan fingerprint density at radius 3 is 2.48 bits per heavy atom. The number of nitrogens with zero attached hydrogens (tertiary/aromatic N) is 2. The highest BCUT2D eigenvalue weighted by atomic mass is 32.2. The first kappa shape index (κ1) is 20.1. The van der Waals surface area contributed by atoms with Crippen molar-refractivity contribution >= 4 is 17.9 Å². The third-order valence-corrected chi connectivity index (χ3v) is 5.87. The highest BCUT2D eigenvalue weighted by Gasteiger charge is 2.28. The molecule has 1 aromatic rings. The minimum absolute atomic E-state index is 0.191. The minimum Gasteiger partial charge on any atom is -0.444 e. The molecule has 1 aliphatic rings. The second kappa shape index (κ2) is 8.43. The van der Waals surface area contributed by atoms with Gasteiger partial charge in [-0.25, -0.2) is 4.79 Å². The molecule has 0 bridgehead atoms. The van der Waals surface area contributed by atoms with Gasteiger partial charge in [0.25, 0.3) is 0 Å². The Bertz CT molecular complexity index is 575. The average molecular weight is 365 g/mol. The van der Waals surface area contributed by atoms with Crippen molar-refractivity contribution in [3.63, 3.8) is 0 Å². The van der Waals surface area contributed by atoms with Crippen LogP contribution in [0.4, 0.5) is 4.79 Å². The van der Waals surface area contributed by atoms with Crippen LogP contribution in [-0.4, -0.2) is 40.9 Å². The zero-order valence-corrected chi connectivity index (χ0v) is 17.2. The Morgan fingerprint density at radius 2 is 1.96 bits per heavy atom. The molecule has 0 N–H and O–H groups in total. The number of hydrogen-bond donors (Lipinski definition) is 0. The van der Waals surface area contributed by atoms with Crippen LogP contribution in [0.25, 0.3) is 0 Å². The zero-order valence-electron chi connectivity index (χ0n) is 16.4. The second-order valence-electron chi connectivity index (χ2n) is 8.16. The van der Waals surface area contributed by atoms with Crippen LogP contribution in [0.1, 0.15) is 69.9 Å². The van der Waals surface area contributed by atoms with Crippen molar-refractivity contribution in [2.75, 3.05) is 19.3 Å². The molecular formula is C20H32N2O2S. The van der Waals surface area contributed by atoms with E-state index in [4.69, 9.17) is 4.74 Å². The van der Waals surface area contributed by atoms with Gasteiger partial charge in [-0.1, -0.05) is 13.8 Å². The summed E-state index contributed by atoms with van der Waals surface area (Å²) in [5.41, 5.74) is 2.10. The summed E-state index contributed by atoms with van der Waals surface area (Å²) in [6.07, 6.45) is 5.86. The fourth-order valence-electron chi connectivity index (χ4n) is 3.33. The molecule has 4 nitrogen and oxygen atoms in total. The summed E-state index contributed by atoms with van der Waals surface area (Å²) >= 11 is 1.86. The second-order valence-corrected chi connectivity index (χ2v) is 9.14. The highest BCUT2D eigenvalue weighted by molar-refractivity contribution is 7.98. The van der Waals surface area contributed by atoms with Gasteiger partial charge in [-0.2, -0.15) is 11.8 Å². The summed E-state index contributed by atoms with van der Waals surface area (Å²) in [5.74, 6) is 1.06. The molecule has 5 heteroatoms. The van der Waals surface area contributed by atoms with Crippen molar-refractivity contribution in [1.29, 1.82) is 0 Å². The number of likely N-dealkylation sites (tertiary alicyclic amines) is 1. The molecule has 1 aliphatic heterocycles. The smallest absolute Gasteiger partial charge is 0.410 e. The summed E-state index contributed by atoms with van der Waals surface area (Å²) in [5, 5.41) is 0.432. The van der Waals surface area contributed by atoms with Crippen molar-refractivity contribution in [3.8, 4) is 0 Å². The molecule has 2 rings (SSSR count). The topological polar surface area (TPSA) is 42.4 Å². The predicted octanol–water partition coefficient (Wildman–Crippen LogP) is 5.26. The van der Waals surface area contributed by atoms with Gasteiger partial charge in [-0.05, 0) is 69.4 Å². The van der Waals surface area contributed by atoms with E-state index in [2.05, 4.69) is 37.2 Å². The lowest BCUT2D eigenvalue weighted by Gasteiger charge is -2.33. The quantitative estimate of drug-likeness (QED) is 0.731. The van der Waals surface area contributed by atoms with Gasteiger partial charge in [-0.15, -0.1) is 0 Å². The minimum atomic E-state index is -0.433. The standard InChI is InChI=1S/C20H32N2O2S/c1-14(2)18(25-6)17-13-16(7-10-21-17)15-8-11-22(12-9-15)19(23)24-20(3,4)5/h7,10,13-15,18H,8-9,11-12H2,1-6H3. The van der Waals surface area contributed by atoms with Crippen LogP contribution >= 0.6 is 11.8 Å². The Kier molecular flexibility index (Phi) is 6.78. The molecule has 2 heterocycles. The molecule has 0 aromatic carbocycles. The Hall–Kier alpha value is -1.23. The van der Waals surface area contributed by atoms with Gasteiger partial charge >= 0.3 is 6.09 Å². The Morgan fingerprint density at radius 1 is 1.32 bits per heavy atom. The summed E-state index contributed by atoms with van der Waals surface area (Å²) in [6.45, 7) is 11.7. The van der Waals surface area contributed by atoms with Gasteiger partial charge in [0.15, 0.2) is 0 Å². The third kappa shape index (κ3) is 5.63. The van der Waals surface area contributed by atoms with Crippen molar-refractivity contribution in [2.24, 2.45) is 5.92 Å². The van der Waals surface area contributed by atoms with Crippen molar-refractivity contribution < 1.29 is 9.53 Å². The largest absolute Gasteiger partial charge is 0.444 e. The number of hydrogen-bond acceptors (Lipinski definition) is 4. The number of piperidine rings is 1. The van der Waals surface area contributed by atoms with Crippen LogP contribution in [-0.2, 0) is 4.74 Å². The maximum Gasteiger partial charge on any atom is 0.410 e.